The summed E-state index contributed by atoms with van der Waals surface area (Å²) in [5.74, 6) is 1.73. The van der Waals surface area contributed by atoms with Gasteiger partial charge < -0.3 is 14.1 Å². The number of allylic oxidation sites excluding steroid dienone is 4. The van der Waals surface area contributed by atoms with Crippen LogP contribution in [0.2, 0.25) is 5.02 Å². The summed E-state index contributed by atoms with van der Waals surface area (Å²) in [5, 5.41) is 3.17. The average molecular weight is 518 g/mol. The van der Waals surface area contributed by atoms with E-state index in [0.29, 0.717) is 0 Å². The maximum Gasteiger partial charge on any atom is 0.263 e. The number of thiazole rings is 1. The van der Waals surface area contributed by atoms with Crippen LogP contribution in [-0.2, 0) is 6.54 Å². The molecule has 6 heteroatoms. The van der Waals surface area contributed by atoms with Crippen LogP contribution in [0.5, 0.6) is 5.75 Å². The highest BCUT2D eigenvalue weighted by Crippen LogP contribution is 2.43. The second-order valence-corrected chi connectivity index (χ2v) is 11.8. The number of furan rings is 1. The molecule has 1 aliphatic heterocycles. The Morgan fingerprint density at radius 3 is 2.78 bits per heavy atom. The highest BCUT2D eigenvalue weighted by Gasteiger charge is 2.30. The van der Waals surface area contributed by atoms with Crippen molar-refractivity contribution in [2.24, 2.45) is 5.41 Å². The Bertz CT molecular complexity index is 1590. The summed E-state index contributed by atoms with van der Waals surface area (Å²) in [4.78, 5) is 2.19. The number of nitrogens with zero attached hydrogens (tertiary/aromatic N) is 2. The van der Waals surface area contributed by atoms with Crippen LogP contribution in [-0.4, -0.2) is 6.54 Å². The summed E-state index contributed by atoms with van der Waals surface area (Å²) in [6, 6.07) is 12.1. The summed E-state index contributed by atoms with van der Waals surface area (Å²) in [5.41, 5.74) is 6.01. The van der Waals surface area contributed by atoms with Gasteiger partial charge in [-0.05, 0) is 79.6 Å². The molecule has 36 heavy (non-hydrogen) atoms. The van der Waals surface area contributed by atoms with Gasteiger partial charge in [0, 0.05) is 23.7 Å². The lowest BCUT2D eigenvalue weighted by molar-refractivity contribution is -0.664. The van der Waals surface area contributed by atoms with Gasteiger partial charge in [-0.2, -0.15) is 4.57 Å². The SMILES string of the molecule is CCN1/C(=C/C2=CC(=C/c3sc4ccc5occc5c4[n+]3CC)/CC(C)(C)C2)Oc2ccc(Cl)cc21. The molecule has 0 bridgehead atoms. The van der Waals surface area contributed by atoms with Gasteiger partial charge in [-0.25, -0.2) is 0 Å². The van der Waals surface area contributed by atoms with Crippen molar-refractivity contribution >= 4 is 55.9 Å². The first kappa shape index (κ1) is 23.4. The Morgan fingerprint density at radius 2 is 1.97 bits per heavy atom. The normalized spacial score (nSPS) is 19.4. The highest BCUT2D eigenvalue weighted by atomic mass is 35.5. The van der Waals surface area contributed by atoms with Crippen molar-refractivity contribution in [1.29, 1.82) is 0 Å². The molecule has 0 spiro atoms. The first-order chi connectivity index (χ1) is 17.3. The first-order valence-electron chi connectivity index (χ1n) is 12.6. The molecule has 4 nitrogen and oxygen atoms in total. The monoisotopic (exact) mass is 517 g/mol. The maximum atomic E-state index is 6.27. The van der Waals surface area contributed by atoms with E-state index in [1.165, 1.54) is 31.8 Å². The van der Waals surface area contributed by atoms with E-state index in [1.54, 1.807) is 6.26 Å². The molecule has 3 heterocycles. The van der Waals surface area contributed by atoms with Gasteiger partial charge in [0.1, 0.15) is 16.8 Å². The van der Waals surface area contributed by atoms with Crippen LogP contribution in [0.1, 0.15) is 45.5 Å². The van der Waals surface area contributed by atoms with Crippen molar-refractivity contribution in [1.82, 2.24) is 0 Å². The van der Waals surface area contributed by atoms with E-state index in [9.17, 15) is 0 Å². The number of halogens is 1. The van der Waals surface area contributed by atoms with Gasteiger partial charge >= 0.3 is 0 Å². The molecule has 0 unspecified atom stereocenters. The minimum absolute atomic E-state index is 0.157. The first-order valence-corrected chi connectivity index (χ1v) is 13.7. The van der Waals surface area contributed by atoms with Crippen molar-refractivity contribution in [2.45, 2.75) is 47.1 Å². The standard InChI is InChI=1S/C30H30ClN2O2S/c1-5-32-23-16-21(31)7-8-25(23)35-27(32)14-19-13-20(18-30(3,4)17-19)15-28-33(6-2)29-22-11-12-34-24(22)9-10-26(29)36-28/h7-16H,5-6,17-18H2,1-4H3/q+1. The van der Waals surface area contributed by atoms with E-state index in [0.717, 1.165) is 53.9 Å². The van der Waals surface area contributed by atoms with Crippen LogP contribution in [0.4, 0.5) is 5.69 Å². The number of rotatable bonds is 4. The third-order valence-electron chi connectivity index (χ3n) is 7.00. The fraction of sp³-hybridized carbons (Fsp3) is 0.300. The van der Waals surface area contributed by atoms with E-state index in [-0.39, 0.29) is 5.41 Å². The third kappa shape index (κ3) is 4.04. The van der Waals surface area contributed by atoms with E-state index >= 15 is 0 Å². The minimum atomic E-state index is 0.157. The molecule has 0 saturated heterocycles. The molecule has 0 atom stereocenters. The summed E-state index contributed by atoms with van der Waals surface area (Å²) in [6.45, 7) is 10.8. The van der Waals surface area contributed by atoms with E-state index in [4.69, 9.17) is 20.8 Å². The van der Waals surface area contributed by atoms with Crippen molar-refractivity contribution < 1.29 is 13.7 Å². The lowest BCUT2D eigenvalue weighted by Gasteiger charge is -2.30. The molecule has 1 aliphatic carbocycles. The molecular weight excluding hydrogens is 488 g/mol. The van der Waals surface area contributed by atoms with E-state index < -0.39 is 0 Å². The topological polar surface area (TPSA) is 29.5 Å². The average Bonchev–Trinajstić information content (AvgIpc) is 3.51. The van der Waals surface area contributed by atoms with Gasteiger partial charge in [-0.3, -0.25) is 0 Å². The molecule has 2 aromatic heterocycles. The van der Waals surface area contributed by atoms with Gasteiger partial charge in [-0.15, -0.1) is 0 Å². The fourth-order valence-electron chi connectivity index (χ4n) is 5.59. The van der Waals surface area contributed by atoms with Crippen molar-refractivity contribution in [2.75, 3.05) is 11.4 Å². The number of aromatic nitrogens is 1. The summed E-state index contributed by atoms with van der Waals surface area (Å²) < 4.78 is 15.6. The van der Waals surface area contributed by atoms with Crippen LogP contribution in [0.3, 0.4) is 0 Å². The fourth-order valence-corrected chi connectivity index (χ4v) is 6.97. The van der Waals surface area contributed by atoms with Crippen molar-refractivity contribution in [3.8, 4) is 5.75 Å². The molecule has 6 rings (SSSR count). The lowest BCUT2D eigenvalue weighted by atomic mass is 9.75. The largest absolute Gasteiger partial charge is 0.464 e. The van der Waals surface area contributed by atoms with Crippen LogP contribution < -0.4 is 14.2 Å². The molecule has 0 radical (unpaired) electrons. The molecule has 0 fully saturated rings. The lowest BCUT2D eigenvalue weighted by Crippen LogP contribution is -2.33. The van der Waals surface area contributed by atoms with Gasteiger partial charge in [0.15, 0.2) is 5.75 Å². The third-order valence-corrected chi connectivity index (χ3v) is 8.33. The summed E-state index contributed by atoms with van der Waals surface area (Å²) in [7, 11) is 0. The Hall–Kier alpha value is -3.02. The van der Waals surface area contributed by atoms with Gasteiger partial charge in [0.05, 0.1) is 17.3 Å². The second-order valence-electron chi connectivity index (χ2n) is 10.3. The Balaban J connectivity index is 1.42. The Morgan fingerprint density at radius 1 is 1.11 bits per heavy atom. The van der Waals surface area contributed by atoms with Gasteiger partial charge in [0.2, 0.25) is 11.4 Å². The number of hydrogen-bond donors (Lipinski definition) is 0. The van der Waals surface area contributed by atoms with E-state index in [1.807, 2.05) is 29.5 Å². The molecular formula is C30H30ClN2O2S+. The number of anilines is 1. The maximum absolute atomic E-state index is 6.27. The molecule has 0 N–H and O–H groups in total. The zero-order chi connectivity index (χ0) is 25.0. The number of aryl methyl sites for hydroxylation is 1. The second kappa shape index (κ2) is 8.82. The minimum Gasteiger partial charge on any atom is -0.464 e. The number of ether oxygens (including phenoxy) is 1. The number of hydrogen-bond acceptors (Lipinski definition) is 4. The molecule has 0 amide bonds. The Kier molecular flexibility index (Phi) is 5.73. The molecule has 2 aliphatic rings. The van der Waals surface area contributed by atoms with Crippen LogP contribution in [0.25, 0.3) is 27.3 Å². The zero-order valence-electron chi connectivity index (χ0n) is 21.1. The predicted octanol–water partition coefficient (Wildman–Crippen LogP) is 8.50. The van der Waals surface area contributed by atoms with Crippen LogP contribution in [0.15, 0.2) is 76.3 Å². The highest BCUT2D eigenvalue weighted by molar-refractivity contribution is 7.19. The quantitative estimate of drug-likeness (QED) is 0.254. The van der Waals surface area contributed by atoms with E-state index in [2.05, 4.69) is 73.6 Å². The summed E-state index contributed by atoms with van der Waals surface area (Å²) >= 11 is 8.12. The van der Waals surface area contributed by atoms with Gasteiger partial charge in [0.25, 0.3) is 5.01 Å². The van der Waals surface area contributed by atoms with Crippen LogP contribution >= 0.6 is 22.9 Å². The van der Waals surface area contributed by atoms with Gasteiger partial charge in [-0.1, -0.05) is 42.9 Å². The molecule has 184 valence electrons. The zero-order valence-corrected chi connectivity index (χ0v) is 22.7. The number of benzene rings is 2. The van der Waals surface area contributed by atoms with Crippen molar-refractivity contribution in [3.63, 3.8) is 0 Å². The smallest absolute Gasteiger partial charge is 0.263 e. The molecule has 2 aromatic carbocycles. The van der Waals surface area contributed by atoms with Crippen LogP contribution in [0, 0.1) is 5.41 Å². The molecule has 0 saturated carbocycles. The predicted molar refractivity (Wildman–Crippen MR) is 150 cm³/mol. The Labute approximate surface area is 220 Å². The summed E-state index contributed by atoms with van der Waals surface area (Å²) in [6.07, 6.45) is 10.8. The number of fused-ring (bicyclic) bond motifs is 4. The molecule has 4 aromatic rings. The van der Waals surface area contributed by atoms with Crippen molar-refractivity contribution in [3.05, 3.63) is 81.9 Å².